The predicted octanol–water partition coefficient (Wildman–Crippen LogP) is 2.80. The van der Waals surface area contributed by atoms with E-state index in [9.17, 15) is 4.79 Å². The third kappa shape index (κ3) is 3.73. The molecule has 1 aliphatic rings. The molecule has 0 aromatic heterocycles. The van der Waals surface area contributed by atoms with E-state index in [1.54, 1.807) is 6.07 Å². The van der Waals surface area contributed by atoms with Gasteiger partial charge in [-0.25, -0.2) is 0 Å². The van der Waals surface area contributed by atoms with Gasteiger partial charge in [-0.15, -0.1) is 12.4 Å². The highest BCUT2D eigenvalue weighted by molar-refractivity contribution is 14.1. The molecule has 0 radical (unpaired) electrons. The Balaban J connectivity index is 0.00000162. The average Bonchev–Trinajstić information content (AvgIpc) is 2.32. The van der Waals surface area contributed by atoms with Gasteiger partial charge in [0, 0.05) is 34.8 Å². The Kier molecular flexibility index (Phi) is 6.17. The van der Waals surface area contributed by atoms with Gasteiger partial charge in [-0.1, -0.05) is 11.6 Å². The number of hydrogen-bond donors (Lipinski definition) is 1. The molecule has 1 amide bonds. The number of nitrogens with zero attached hydrogens (tertiary/aromatic N) is 1. The summed E-state index contributed by atoms with van der Waals surface area (Å²) in [5.74, 6) is 0.0663. The molecular weight excluding hydrogens is 386 g/mol. The molecule has 1 aliphatic heterocycles. The van der Waals surface area contributed by atoms with Gasteiger partial charge < -0.3 is 10.2 Å². The monoisotopic (exact) mass is 400 g/mol. The highest BCUT2D eigenvalue weighted by Gasteiger charge is 2.21. The van der Waals surface area contributed by atoms with Crippen LogP contribution in [0, 0.1) is 3.57 Å². The number of benzene rings is 1. The molecule has 1 fully saturated rings. The second-order valence-corrected chi connectivity index (χ2v) is 5.80. The quantitative estimate of drug-likeness (QED) is 0.735. The van der Waals surface area contributed by atoms with Crippen LogP contribution >= 0.6 is 46.6 Å². The highest BCUT2D eigenvalue weighted by atomic mass is 127. The van der Waals surface area contributed by atoms with Gasteiger partial charge in [0.2, 0.25) is 0 Å². The molecule has 100 valence electrons. The number of carbonyl (C=O) groups is 1. The Morgan fingerprint density at radius 3 is 2.89 bits per heavy atom. The minimum Gasteiger partial charge on any atom is -0.336 e. The van der Waals surface area contributed by atoms with E-state index in [1.807, 2.05) is 17.0 Å². The maximum absolute atomic E-state index is 12.2. The number of rotatable bonds is 1. The van der Waals surface area contributed by atoms with Crippen LogP contribution in [0.5, 0.6) is 0 Å². The Hall–Kier alpha value is -0.0400. The first-order valence-corrected chi connectivity index (χ1v) is 7.01. The molecule has 1 aromatic rings. The van der Waals surface area contributed by atoms with E-state index in [4.69, 9.17) is 11.6 Å². The molecule has 18 heavy (non-hydrogen) atoms. The first-order valence-electron chi connectivity index (χ1n) is 5.55. The molecule has 2 rings (SSSR count). The fourth-order valence-corrected chi connectivity index (χ4v) is 2.44. The molecule has 0 spiro atoms. The summed E-state index contributed by atoms with van der Waals surface area (Å²) < 4.78 is 0.967. The number of nitrogens with one attached hydrogen (secondary N) is 1. The number of hydrogen-bond acceptors (Lipinski definition) is 2. The SMILES string of the molecule is C[C@@H]1CN(C(=O)c2ccc(I)c(Cl)c2)CCN1.Cl. The molecule has 0 bridgehead atoms. The van der Waals surface area contributed by atoms with E-state index in [1.165, 1.54) is 0 Å². The topological polar surface area (TPSA) is 32.3 Å². The van der Waals surface area contributed by atoms with Crippen LogP contribution in [0.15, 0.2) is 18.2 Å². The summed E-state index contributed by atoms with van der Waals surface area (Å²) in [5, 5.41) is 3.96. The second kappa shape index (κ2) is 6.93. The summed E-state index contributed by atoms with van der Waals surface area (Å²) in [6, 6.07) is 5.81. The van der Waals surface area contributed by atoms with Crippen molar-refractivity contribution in [1.82, 2.24) is 10.2 Å². The summed E-state index contributed by atoms with van der Waals surface area (Å²) in [6.45, 7) is 4.45. The van der Waals surface area contributed by atoms with Crippen LogP contribution in [0.4, 0.5) is 0 Å². The van der Waals surface area contributed by atoms with Gasteiger partial charge in [-0.3, -0.25) is 4.79 Å². The fraction of sp³-hybridized carbons (Fsp3) is 0.417. The normalized spacial score (nSPS) is 19.3. The number of halogens is 3. The molecule has 0 aliphatic carbocycles. The fourth-order valence-electron chi connectivity index (χ4n) is 1.93. The Labute approximate surface area is 132 Å². The van der Waals surface area contributed by atoms with Crippen molar-refractivity contribution in [3.05, 3.63) is 32.4 Å². The van der Waals surface area contributed by atoms with E-state index < -0.39 is 0 Å². The van der Waals surface area contributed by atoms with Crippen molar-refractivity contribution in [2.45, 2.75) is 13.0 Å². The standard InChI is InChI=1S/C12H14ClIN2O.ClH/c1-8-7-16(5-4-15-8)12(17)9-2-3-11(14)10(13)6-9;/h2-3,6,8,15H,4-5,7H2,1H3;1H/t8-;/m1./s1. The third-order valence-electron chi connectivity index (χ3n) is 2.82. The van der Waals surface area contributed by atoms with Crippen molar-refractivity contribution in [1.29, 1.82) is 0 Å². The molecule has 3 nitrogen and oxygen atoms in total. The second-order valence-electron chi connectivity index (χ2n) is 4.24. The van der Waals surface area contributed by atoms with Crippen LogP contribution < -0.4 is 5.32 Å². The summed E-state index contributed by atoms with van der Waals surface area (Å²) in [6.07, 6.45) is 0. The van der Waals surface area contributed by atoms with Crippen molar-refractivity contribution >= 4 is 52.5 Å². The van der Waals surface area contributed by atoms with Crippen LogP contribution in [0.2, 0.25) is 5.02 Å². The van der Waals surface area contributed by atoms with Gasteiger partial charge in [0.15, 0.2) is 0 Å². The highest BCUT2D eigenvalue weighted by Crippen LogP contribution is 2.20. The van der Waals surface area contributed by atoms with E-state index in [2.05, 4.69) is 34.8 Å². The van der Waals surface area contributed by atoms with Crippen molar-refractivity contribution in [3.8, 4) is 0 Å². The minimum absolute atomic E-state index is 0. The molecule has 1 saturated heterocycles. The van der Waals surface area contributed by atoms with Gasteiger partial charge >= 0.3 is 0 Å². The summed E-state index contributed by atoms with van der Waals surface area (Å²) in [7, 11) is 0. The lowest BCUT2D eigenvalue weighted by Gasteiger charge is -2.32. The first-order chi connectivity index (χ1) is 8.08. The van der Waals surface area contributed by atoms with Crippen molar-refractivity contribution in [2.24, 2.45) is 0 Å². The third-order valence-corrected chi connectivity index (χ3v) is 4.39. The summed E-state index contributed by atoms with van der Waals surface area (Å²) in [4.78, 5) is 14.1. The van der Waals surface area contributed by atoms with Crippen LogP contribution in [-0.2, 0) is 0 Å². The first kappa shape index (κ1) is 16.0. The Morgan fingerprint density at radius 1 is 1.56 bits per heavy atom. The lowest BCUT2D eigenvalue weighted by molar-refractivity contribution is 0.0709. The lowest BCUT2D eigenvalue weighted by atomic mass is 10.1. The van der Waals surface area contributed by atoms with Gasteiger partial charge in [-0.05, 0) is 47.7 Å². The molecule has 0 saturated carbocycles. The molecule has 6 heteroatoms. The smallest absolute Gasteiger partial charge is 0.254 e. The van der Waals surface area contributed by atoms with Gasteiger partial charge in [0.05, 0.1) is 5.02 Å². The Bertz CT molecular complexity index is 442. The summed E-state index contributed by atoms with van der Waals surface area (Å²) in [5.41, 5.74) is 0.671. The maximum Gasteiger partial charge on any atom is 0.254 e. The van der Waals surface area contributed by atoms with Crippen LogP contribution in [-0.4, -0.2) is 36.5 Å². The number of piperazine rings is 1. The van der Waals surface area contributed by atoms with Crippen molar-refractivity contribution < 1.29 is 4.79 Å². The summed E-state index contributed by atoms with van der Waals surface area (Å²) >= 11 is 8.19. The molecule has 1 heterocycles. The van der Waals surface area contributed by atoms with Crippen molar-refractivity contribution in [2.75, 3.05) is 19.6 Å². The van der Waals surface area contributed by atoms with Gasteiger partial charge in [-0.2, -0.15) is 0 Å². The number of amides is 1. The van der Waals surface area contributed by atoms with Crippen LogP contribution in [0.25, 0.3) is 0 Å². The number of carbonyl (C=O) groups excluding carboxylic acids is 1. The molecule has 1 aromatic carbocycles. The van der Waals surface area contributed by atoms with E-state index >= 15 is 0 Å². The average molecular weight is 401 g/mol. The zero-order valence-electron chi connectivity index (χ0n) is 9.95. The van der Waals surface area contributed by atoms with E-state index in [0.29, 0.717) is 16.6 Å². The van der Waals surface area contributed by atoms with Crippen molar-refractivity contribution in [3.63, 3.8) is 0 Å². The van der Waals surface area contributed by atoms with Gasteiger partial charge in [0.1, 0.15) is 0 Å². The largest absolute Gasteiger partial charge is 0.336 e. The molecular formula is C12H15Cl2IN2O. The predicted molar refractivity (Wildman–Crippen MR) is 84.8 cm³/mol. The minimum atomic E-state index is 0. The van der Waals surface area contributed by atoms with E-state index in [-0.39, 0.29) is 18.3 Å². The van der Waals surface area contributed by atoms with Crippen LogP contribution in [0.3, 0.4) is 0 Å². The van der Waals surface area contributed by atoms with Crippen LogP contribution in [0.1, 0.15) is 17.3 Å². The molecule has 1 atom stereocenters. The molecule has 1 N–H and O–H groups in total. The Morgan fingerprint density at radius 2 is 2.28 bits per heavy atom. The zero-order valence-corrected chi connectivity index (χ0v) is 13.7. The van der Waals surface area contributed by atoms with E-state index in [0.717, 1.165) is 23.2 Å². The van der Waals surface area contributed by atoms with Gasteiger partial charge in [0.25, 0.3) is 5.91 Å². The molecule has 0 unspecified atom stereocenters. The zero-order chi connectivity index (χ0) is 12.4. The maximum atomic E-state index is 12.2. The lowest BCUT2D eigenvalue weighted by Crippen LogP contribution is -2.51.